The summed E-state index contributed by atoms with van der Waals surface area (Å²) in [5, 5.41) is 10.3. The van der Waals surface area contributed by atoms with Crippen LogP contribution in [-0.2, 0) is 19.2 Å². The molecule has 2 heterocycles. The van der Waals surface area contributed by atoms with Gasteiger partial charge in [-0.25, -0.2) is 0 Å². The molecule has 50 heavy (non-hydrogen) atoms. The second kappa shape index (κ2) is 12.2. The Morgan fingerprint density at radius 2 is 1.54 bits per heavy atom. The molecule has 0 spiro atoms. The Bertz CT molecular complexity index is 2010. The number of anilines is 1. The number of nitrogens with zero attached hydrogens (tertiary/aromatic N) is 2. The molecule has 1 N–H and O–H groups in total. The number of fused-ring (bicyclic) bond motifs is 4. The number of alkyl halides is 2. The number of allylic oxidation sites excluding steroid dienone is 2. The summed E-state index contributed by atoms with van der Waals surface area (Å²) < 4.78 is 16.2. The molecule has 2 aliphatic carbocycles. The highest BCUT2D eigenvalue weighted by Gasteiger charge is 2.75. The van der Waals surface area contributed by atoms with Crippen LogP contribution in [0.2, 0.25) is 0 Å². The Labute approximate surface area is 298 Å². The molecule has 258 valence electrons. The lowest BCUT2D eigenvalue weighted by Crippen LogP contribution is -2.60. The number of halogens is 2. The molecule has 3 fully saturated rings. The van der Waals surface area contributed by atoms with E-state index in [-0.39, 0.29) is 30.2 Å². The summed E-state index contributed by atoms with van der Waals surface area (Å²) in [6.45, 7) is 0. The molecule has 0 radical (unpaired) electrons. The number of phenols is 1. The first-order chi connectivity index (χ1) is 23.9. The van der Waals surface area contributed by atoms with Gasteiger partial charge in [0.25, 0.3) is 11.8 Å². The minimum atomic E-state index is -1.93. The van der Waals surface area contributed by atoms with E-state index < -0.39 is 51.1 Å². The standard InChI is InChI=1S/C38H34Cl2N2O8/c1-41-35(46)37(39)19-27-25(32(38(37,40)36(41)47)22-9-15-28(43)30(18-22)50-4)13-14-26-31(27)34(45)42(33(26)44)23-10-6-20(7-11-23)5-8-21-17-24(48-2)12-16-29(21)49-3/h5-13,15-18,26-27,31-32,43H,14,19H2,1-4H3. The van der Waals surface area contributed by atoms with E-state index in [4.69, 9.17) is 37.4 Å². The minimum Gasteiger partial charge on any atom is -0.504 e. The van der Waals surface area contributed by atoms with E-state index in [0.717, 1.165) is 16.0 Å². The van der Waals surface area contributed by atoms with E-state index in [9.17, 15) is 24.3 Å². The van der Waals surface area contributed by atoms with E-state index in [0.29, 0.717) is 28.3 Å². The molecule has 4 amide bonds. The number of benzene rings is 3. The number of carbonyl (C=O) groups is 4. The van der Waals surface area contributed by atoms with Crippen molar-refractivity contribution in [2.75, 3.05) is 33.3 Å². The molecule has 7 rings (SSSR count). The van der Waals surface area contributed by atoms with Crippen molar-refractivity contribution in [1.82, 2.24) is 4.90 Å². The second-order valence-corrected chi connectivity index (χ2v) is 14.2. The van der Waals surface area contributed by atoms with Gasteiger partial charge in [0.05, 0.1) is 38.9 Å². The maximum absolute atomic E-state index is 14.4. The number of hydrogen-bond acceptors (Lipinski definition) is 8. The Hall–Kier alpha value is -4.80. The molecule has 1 saturated carbocycles. The Balaban J connectivity index is 1.23. The van der Waals surface area contributed by atoms with E-state index in [1.54, 1.807) is 38.5 Å². The fraction of sp³-hybridized carbons (Fsp3) is 0.316. The van der Waals surface area contributed by atoms with Gasteiger partial charge in [0.1, 0.15) is 11.5 Å². The molecule has 4 aliphatic rings. The van der Waals surface area contributed by atoms with Crippen molar-refractivity contribution in [1.29, 1.82) is 0 Å². The largest absolute Gasteiger partial charge is 0.504 e. The van der Waals surface area contributed by atoms with Crippen molar-refractivity contribution in [3.8, 4) is 23.0 Å². The van der Waals surface area contributed by atoms with Crippen molar-refractivity contribution >= 4 is 64.7 Å². The molecule has 6 atom stereocenters. The van der Waals surface area contributed by atoms with Crippen molar-refractivity contribution in [3.63, 3.8) is 0 Å². The van der Waals surface area contributed by atoms with Crippen LogP contribution in [-0.4, -0.2) is 71.8 Å². The Kier molecular flexibility index (Phi) is 8.22. The number of carbonyl (C=O) groups excluding carboxylic acids is 4. The van der Waals surface area contributed by atoms with Gasteiger partial charge in [-0.05, 0) is 72.4 Å². The smallest absolute Gasteiger partial charge is 0.253 e. The third-order valence-electron chi connectivity index (χ3n) is 10.6. The first kappa shape index (κ1) is 33.7. The van der Waals surface area contributed by atoms with Crippen LogP contribution in [0.3, 0.4) is 0 Å². The van der Waals surface area contributed by atoms with Gasteiger partial charge in [0.2, 0.25) is 11.8 Å². The fourth-order valence-corrected chi connectivity index (χ4v) is 9.16. The van der Waals surface area contributed by atoms with Gasteiger partial charge in [-0.3, -0.25) is 29.0 Å². The van der Waals surface area contributed by atoms with Crippen LogP contribution in [0.25, 0.3) is 12.2 Å². The zero-order valence-electron chi connectivity index (χ0n) is 27.7. The van der Waals surface area contributed by atoms with Gasteiger partial charge < -0.3 is 19.3 Å². The molecule has 0 aromatic heterocycles. The van der Waals surface area contributed by atoms with Crippen LogP contribution in [0, 0.1) is 17.8 Å². The lowest BCUT2D eigenvalue weighted by Gasteiger charge is -2.50. The minimum absolute atomic E-state index is 0.115. The Morgan fingerprint density at radius 1 is 0.820 bits per heavy atom. The summed E-state index contributed by atoms with van der Waals surface area (Å²) in [6.07, 6.45) is 5.75. The molecule has 2 saturated heterocycles. The highest BCUT2D eigenvalue weighted by Crippen LogP contribution is 2.65. The molecular weight excluding hydrogens is 683 g/mol. The van der Waals surface area contributed by atoms with Gasteiger partial charge in [0, 0.05) is 18.5 Å². The molecule has 3 aromatic carbocycles. The number of rotatable bonds is 7. The molecular formula is C38H34Cl2N2O8. The first-order valence-electron chi connectivity index (χ1n) is 16.0. The fourth-order valence-electron chi connectivity index (χ4n) is 8.14. The zero-order chi connectivity index (χ0) is 35.7. The molecule has 0 bridgehead atoms. The van der Waals surface area contributed by atoms with Crippen molar-refractivity contribution < 1.29 is 38.5 Å². The van der Waals surface area contributed by atoms with Gasteiger partial charge in [0.15, 0.2) is 21.2 Å². The van der Waals surface area contributed by atoms with E-state index in [2.05, 4.69) is 0 Å². The first-order valence-corrected chi connectivity index (χ1v) is 16.8. The van der Waals surface area contributed by atoms with Crippen LogP contribution in [0.4, 0.5) is 5.69 Å². The van der Waals surface area contributed by atoms with Crippen LogP contribution in [0.1, 0.15) is 35.4 Å². The summed E-state index contributed by atoms with van der Waals surface area (Å²) in [4.78, 5) is 54.1. The average molecular weight is 718 g/mol. The Morgan fingerprint density at radius 3 is 2.22 bits per heavy atom. The number of ether oxygens (including phenoxy) is 3. The predicted octanol–water partition coefficient (Wildman–Crippen LogP) is 5.78. The molecule has 12 heteroatoms. The van der Waals surface area contributed by atoms with Gasteiger partial charge in [-0.15, -0.1) is 23.2 Å². The van der Waals surface area contributed by atoms with E-state index in [1.807, 2.05) is 48.6 Å². The maximum atomic E-state index is 14.4. The van der Waals surface area contributed by atoms with Gasteiger partial charge in [-0.2, -0.15) is 0 Å². The maximum Gasteiger partial charge on any atom is 0.253 e. The number of imide groups is 2. The van der Waals surface area contributed by atoms with Crippen LogP contribution < -0.4 is 19.1 Å². The van der Waals surface area contributed by atoms with Gasteiger partial charge >= 0.3 is 0 Å². The number of likely N-dealkylation sites (tertiary alicyclic amines) is 1. The number of aromatic hydroxyl groups is 1. The summed E-state index contributed by atoms with van der Waals surface area (Å²) in [6, 6.07) is 17.1. The quantitative estimate of drug-likeness (QED) is 0.141. The number of phenolic OH excluding ortho intramolecular Hbond substituents is 1. The molecule has 2 aliphatic heterocycles. The topological polar surface area (TPSA) is 123 Å². The normalized spacial score (nSPS) is 28.8. The molecule has 3 aromatic rings. The SMILES string of the molecule is COc1ccc(OC)c(C=Cc2ccc(N3C(=O)C4CC=C5C(CC6(Cl)C(=O)N(C)C(=O)C6(Cl)C5c5ccc(O)c(OC)c5)C4C3=O)cc2)c1. The monoisotopic (exact) mass is 716 g/mol. The molecule has 6 unspecified atom stereocenters. The van der Waals surface area contributed by atoms with Crippen molar-refractivity contribution in [3.05, 3.63) is 89.0 Å². The highest BCUT2D eigenvalue weighted by molar-refractivity contribution is 6.53. The number of amides is 4. The summed E-state index contributed by atoms with van der Waals surface area (Å²) >= 11 is 14.5. The number of methoxy groups -OCH3 is 3. The highest BCUT2D eigenvalue weighted by atomic mass is 35.5. The van der Waals surface area contributed by atoms with E-state index in [1.165, 1.54) is 25.1 Å². The van der Waals surface area contributed by atoms with Crippen LogP contribution in [0.15, 0.2) is 72.3 Å². The summed E-state index contributed by atoms with van der Waals surface area (Å²) in [5.41, 5.74) is 3.19. The summed E-state index contributed by atoms with van der Waals surface area (Å²) in [7, 11) is 5.92. The zero-order valence-corrected chi connectivity index (χ0v) is 29.2. The lowest BCUT2D eigenvalue weighted by molar-refractivity contribution is -0.138. The van der Waals surface area contributed by atoms with Gasteiger partial charge in [-0.1, -0.05) is 42.0 Å². The van der Waals surface area contributed by atoms with Crippen molar-refractivity contribution in [2.24, 2.45) is 17.8 Å². The molecule has 10 nitrogen and oxygen atoms in total. The van der Waals surface area contributed by atoms with Crippen LogP contribution >= 0.6 is 23.2 Å². The number of hydrogen-bond donors (Lipinski definition) is 1. The van der Waals surface area contributed by atoms with Crippen molar-refractivity contribution in [2.45, 2.75) is 28.5 Å². The van der Waals surface area contributed by atoms with Crippen LogP contribution in [0.5, 0.6) is 23.0 Å². The lowest BCUT2D eigenvalue weighted by atomic mass is 9.56. The second-order valence-electron chi connectivity index (χ2n) is 13.0. The van der Waals surface area contributed by atoms with E-state index >= 15 is 0 Å². The third-order valence-corrected chi connectivity index (χ3v) is 12.0. The third kappa shape index (κ3) is 4.75. The summed E-state index contributed by atoms with van der Waals surface area (Å²) in [5.74, 6) is -3.86. The average Bonchev–Trinajstić information content (AvgIpc) is 3.45. The predicted molar refractivity (Wildman–Crippen MR) is 188 cm³/mol.